The standard InChI is InChI=1S/C33H32F3N3O/c1-38(2)31(24-11-8-12-25(34)21-24)18-19-32(33(35,36)22-31)30-27(26-13-6-7-14-28(26)37-30)17-20-39(32)29(40)16-15-23-9-4-3-5-10-23/h3-16,21,37H,17-20,22H2,1-2H3. The number of nitrogens with zero attached hydrogens (tertiary/aromatic N) is 2. The van der Waals surface area contributed by atoms with Crippen LogP contribution >= 0.6 is 0 Å². The molecule has 0 bridgehead atoms. The second-order valence-electron chi connectivity index (χ2n) is 11.2. The molecule has 3 aromatic carbocycles. The molecular formula is C33H32F3N3O. The summed E-state index contributed by atoms with van der Waals surface area (Å²) in [6.45, 7) is 0.178. The number of halogens is 3. The first kappa shape index (κ1) is 26.4. The maximum Gasteiger partial charge on any atom is 0.278 e. The van der Waals surface area contributed by atoms with Crippen molar-refractivity contribution < 1.29 is 18.0 Å². The third-order valence-corrected chi connectivity index (χ3v) is 9.00. The SMILES string of the molecule is CN(C)C1(c2cccc(F)c2)CCC2(c3[nH]c4ccccc4c3CCN2C(=O)C=Cc2ccccc2)C(F)(F)C1. The molecule has 1 saturated carbocycles. The highest BCUT2D eigenvalue weighted by Crippen LogP contribution is 2.60. The predicted molar refractivity (Wildman–Crippen MR) is 151 cm³/mol. The highest BCUT2D eigenvalue weighted by atomic mass is 19.3. The Hall–Kier alpha value is -3.84. The van der Waals surface area contributed by atoms with Gasteiger partial charge in [0.15, 0.2) is 0 Å². The van der Waals surface area contributed by atoms with Crippen molar-refractivity contribution in [3.05, 3.63) is 113 Å². The van der Waals surface area contributed by atoms with Crippen LogP contribution in [0.4, 0.5) is 13.2 Å². The Labute approximate surface area is 232 Å². The summed E-state index contributed by atoms with van der Waals surface area (Å²) in [5.41, 5.74) is 0.404. The number of nitrogens with one attached hydrogen (secondary N) is 1. The molecule has 1 aromatic heterocycles. The van der Waals surface area contributed by atoms with Gasteiger partial charge in [0.2, 0.25) is 5.91 Å². The van der Waals surface area contributed by atoms with Crippen molar-refractivity contribution in [2.45, 2.75) is 42.7 Å². The molecule has 0 saturated heterocycles. The highest BCUT2D eigenvalue weighted by molar-refractivity contribution is 5.94. The van der Waals surface area contributed by atoms with E-state index in [9.17, 15) is 9.18 Å². The third kappa shape index (κ3) is 3.98. The van der Waals surface area contributed by atoms with Crippen LogP contribution < -0.4 is 0 Å². The van der Waals surface area contributed by atoms with E-state index >= 15 is 8.78 Å². The number of H-pyrrole nitrogens is 1. The summed E-state index contributed by atoms with van der Waals surface area (Å²) < 4.78 is 48.8. The Morgan fingerprint density at radius 2 is 1.73 bits per heavy atom. The maximum absolute atomic E-state index is 17.2. The van der Waals surface area contributed by atoms with Crippen molar-refractivity contribution in [2.75, 3.05) is 20.6 Å². The van der Waals surface area contributed by atoms with Crippen LogP contribution in [-0.4, -0.2) is 47.3 Å². The van der Waals surface area contributed by atoms with Crippen LogP contribution in [-0.2, 0) is 22.3 Å². The lowest BCUT2D eigenvalue weighted by molar-refractivity contribution is -0.211. The Morgan fingerprint density at radius 3 is 2.45 bits per heavy atom. The normalized spacial score (nSPS) is 24.2. The molecule has 4 nitrogen and oxygen atoms in total. The minimum atomic E-state index is -3.34. The minimum absolute atomic E-state index is 0.0133. The van der Waals surface area contributed by atoms with Crippen LogP contribution in [0, 0.1) is 5.82 Å². The molecule has 206 valence electrons. The predicted octanol–water partition coefficient (Wildman–Crippen LogP) is 6.88. The van der Waals surface area contributed by atoms with E-state index in [0.717, 1.165) is 22.0 Å². The zero-order valence-corrected chi connectivity index (χ0v) is 22.6. The summed E-state index contributed by atoms with van der Waals surface area (Å²) in [5, 5.41) is 0.911. The van der Waals surface area contributed by atoms with Gasteiger partial charge in [-0.25, -0.2) is 13.2 Å². The van der Waals surface area contributed by atoms with Crippen LogP contribution in [0.5, 0.6) is 0 Å². The van der Waals surface area contributed by atoms with Crippen LogP contribution in [0.2, 0.25) is 0 Å². The summed E-state index contributed by atoms with van der Waals surface area (Å²) in [7, 11) is 3.53. The van der Waals surface area contributed by atoms with Gasteiger partial charge in [0.05, 0.1) is 11.2 Å². The summed E-state index contributed by atoms with van der Waals surface area (Å²) in [6, 6.07) is 22.9. The summed E-state index contributed by atoms with van der Waals surface area (Å²) in [4.78, 5) is 20.3. The number of aromatic amines is 1. The molecule has 6 rings (SSSR count). The minimum Gasteiger partial charge on any atom is -0.356 e. The summed E-state index contributed by atoms with van der Waals surface area (Å²) >= 11 is 0. The van der Waals surface area contributed by atoms with Crippen LogP contribution in [0.25, 0.3) is 17.0 Å². The first-order chi connectivity index (χ1) is 19.2. The van der Waals surface area contributed by atoms with Crippen molar-refractivity contribution in [1.82, 2.24) is 14.8 Å². The number of benzene rings is 3. The van der Waals surface area contributed by atoms with Gasteiger partial charge < -0.3 is 9.88 Å². The van der Waals surface area contributed by atoms with Gasteiger partial charge in [0.25, 0.3) is 5.92 Å². The Bertz CT molecular complexity index is 1600. The molecule has 0 radical (unpaired) electrons. The van der Waals surface area contributed by atoms with E-state index in [1.807, 2.05) is 54.6 Å². The van der Waals surface area contributed by atoms with Crippen molar-refractivity contribution in [3.8, 4) is 0 Å². The topological polar surface area (TPSA) is 39.3 Å². The number of para-hydroxylation sites is 1. The van der Waals surface area contributed by atoms with E-state index < -0.39 is 35.1 Å². The van der Waals surface area contributed by atoms with Gasteiger partial charge in [-0.2, -0.15) is 0 Å². The molecule has 1 fully saturated rings. The third-order valence-electron chi connectivity index (χ3n) is 9.00. The highest BCUT2D eigenvalue weighted by Gasteiger charge is 2.68. The van der Waals surface area contributed by atoms with E-state index in [-0.39, 0.29) is 13.0 Å². The molecule has 40 heavy (non-hydrogen) atoms. The number of fused-ring (bicyclic) bond motifs is 4. The molecule has 2 unspecified atom stereocenters. The second-order valence-corrected chi connectivity index (χ2v) is 11.2. The summed E-state index contributed by atoms with van der Waals surface area (Å²) in [5.74, 6) is -4.24. The fourth-order valence-corrected chi connectivity index (χ4v) is 6.96. The molecule has 2 heterocycles. The Morgan fingerprint density at radius 1 is 0.975 bits per heavy atom. The zero-order chi connectivity index (χ0) is 28.1. The van der Waals surface area contributed by atoms with Gasteiger partial charge in [0, 0.05) is 29.9 Å². The van der Waals surface area contributed by atoms with E-state index in [4.69, 9.17) is 0 Å². The van der Waals surface area contributed by atoms with Crippen molar-refractivity contribution in [2.24, 2.45) is 0 Å². The molecule has 4 aromatic rings. The number of amides is 1. The second kappa shape index (κ2) is 9.66. The summed E-state index contributed by atoms with van der Waals surface area (Å²) in [6.07, 6.45) is 3.33. The van der Waals surface area contributed by atoms with Gasteiger partial charge in [0.1, 0.15) is 11.4 Å². The molecular weight excluding hydrogens is 511 g/mol. The van der Waals surface area contributed by atoms with Crippen molar-refractivity contribution in [1.29, 1.82) is 0 Å². The average Bonchev–Trinajstić information content (AvgIpc) is 3.33. The fourth-order valence-electron chi connectivity index (χ4n) is 6.96. The molecule has 1 aliphatic carbocycles. The van der Waals surface area contributed by atoms with Crippen LogP contribution in [0.15, 0.2) is 84.9 Å². The lowest BCUT2D eigenvalue weighted by Gasteiger charge is -2.58. The van der Waals surface area contributed by atoms with E-state index in [2.05, 4.69) is 4.98 Å². The quantitative estimate of drug-likeness (QED) is 0.285. The maximum atomic E-state index is 17.2. The largest absolute Gasteiger partial charge is 0.356 e. The average molecular weight is 544 g/mol. The number of aromatic nitrogens is 1. The van der Waals surface area contributed by atoms with Crippen LogP contribution in [0.1, 0.15) is 41.6 Å². The Balaban J connectivity index is 1.50. The van der Waals surface area contributed by atoms with E-state index in [1.54, 1.807) is 37.2 Å². The fraction of sp³-hybridized carbons (Fsp3) is 0.303. The number of hydrogen-bond acceptors (Lipinski definition) is 2. The number of rotatable bonds is 4. The van der Waals surface area contributed by atoms with E-state index in [0.29, 0.717) is 24.1 Å². The first-order valence-corrected chi connectivity index (χ1v) is 13.6. The molecule has 1 aliphatic heterocycles. The van der Waals surface area contributed by atoms with Gasteiger partial charge in [-0.05, 0) is 74.3 Å². The number of hydrogen-bond donors (Lipinski definition) is 1. The molecule has 1 spiro atoms. The van der Waals surface area contributed by atoms with Crippen molar-refractivity contribution in [3.63, 3.8) is 0 Å². The van der Waals surface area contributed by atoms with Crippen LogP contribution in [0.3, 0.4) is 0 Å². The van der Waals surface area contributed by atoms with Gasteiger partial charge >= 0.3 is 0 Å². The number of carbonyl (C=O) groups excluding carboxylic acids is 1. The number of alkyl halides is 2. The van der Waals surface area contributed by atoms with E-state index in [1.165, 1.54) is 23.1 Å². The lowest BCUT2D eigenvalue weighted by atomic mass is 9.63. The zero-order valence-electron chi connectivity index (χ0n) is 22.6. The smallest absolute Gasteiger partial charge is 0.278 e. The molecule has 1 N–H and O–H groups in total. The van der Waals surface area contributed by atoms with Crippen molar-refractivity contribution >= 4 is 22.9 Å². The van der Waals surface area contributed by atoms with Gasteiger partial charge in [-0.1, -0.05) is 60.7 Å². The molecule has 1 amide bonds. The first-order valence-electron chi connectivity index (χ1n) is 13.6. The number of carbonyl (C=O) groups is 1. The Kier molecular flexibility index (Phi) is 6.37. The molecule has 2 aliphatic rings. The monoisotopic (exact) mass is 543 g/mol. The van der Waals surface area contributed by atoms with Gasteiger partial charge in [-0.15, -0.1) is 0 Å². The molecule has 2 atom stereocenters. The van der Waals surface area contributed by atoms with Gasteiger partial charge in [-0.3, -0.25) is 9.69 Å². The lowest BCUT2D eigenvalue weighted by Crippen LogP contribution is -2.67. The molecule has 7 heteroatoms.